The van der Waals surface area contributed by atoms with E-state index in [4.69, 9.17) is 4.74 Å². The number of hydrogen-bond acceptors (Lipinski definition) is 7. The number of rotatable bonds is 7. The molecule has 8 nitrogen and oxygen atoms in total. The molecular weight excluding hydrogens is 444 g/mol. The van der Waals surface area contributed by atoms with Crippen LogP contribution in [0.25, 0.3) is 0 Å². The normalized spacial score (nSPS) is 11.1. The summed E-state index contributed by atoms with van der Waals surface area (Å²) in [7, 11) is 0. The van der Waals surface area contributed by atoms with E-state index >= 15 is 0 Å². The van der Waals surface area contributed by atoms with Crippen molar-refractivity contribution in [1.29, 1.82) is 0 Å². The van der Waals surface area contributed by atoms with Gasteiger partial charge in [-0.2, -0.15) is 10.2 Å². The van der Waals surface area contributed by atoms with Gasteiger partial charge in [-0.05, 0) is 73.2 Å². The number of carbonyl (C=O) groups excluding carboxylic acids is 1. The number of hydrogen-bond donors (Lipinski definition) is 0. The van der Waals surface area contributed by atoms with Crippen LogP contribution in [-0.2, 0) is 0 Å². The van der Waals surface area contributed by atoms with Crippen LogP contribution in [0.15, 0.2) is 112 Å². The van der Waals surface area contributed by atoms with Gasteiger partial charge in [0.2, 0.25) is 5.75 Å². The minimum Gasteiger partial charge on any atom is -0.416 e. The predicted molar refractivity (Wildman–Crippen MR) is 134 cm³/mol. The van der Waals surface area contributed by atoms with Gasteiger partial charge in [0.05, 0.1) is 27.5 Å². The lowest BCUT2D eigenvalue weighted by Crippen LogP contribution is -2.10. The van der Waals surface area contributed by atoms with E-state index in [-0.39, 0.29) is 11.4 Å². The van der Waals surface area contributed by atoms with Crippen LogP contribution in [0.2, 0.25) is 0 Å². The van der Waals surface area contributed by atoms with Crippen LogP contribution in [0.5, 0.6) is 5.75 Å². The summed E-state index contributed by atoms with van der Waals surface area (Å²) in [5.41, 5.74) is 3.42. The Balaban J connectivity index is 1.47. The molecule has 0 unspecified atom stereocenters. The van der Waals surface area contributed by atoms with Crippen molar-refractivity contribution in [3.63, 3.8) is 0 Å². The number of ether oxygens (including phenoxy) is 1. The highest BCUT2D eigenvalue weighted by molar-refractivity contribution is 5.92. The van der Waals surface area contributed by atoms with E-state index in [1.165, 1.54) is 18.3 Å². The summed E-state index contributed by atoms with van der Waals surface area (Å²) in [5.74, 6) is -0.797. The number of nitro groups is 1. The Bertz CT molecular complexity index is 1420. The molecule has 4 aromatic carbocycles. The van der Waals surface area contributed by atoms with E-state index in [1.54, 1.807) is 48.5 Å². The molecule has 0 aromatic heterocycles. The molecule has 0 fully saturated rings. The van der Waals surface area contributed by atoms with E-state index in [1.807, 2.05) is 43.3 Å². The van der Waals surface area contributed by atoms with Crippen molar-refractivity contribution in [2.75, 3.05) is 0 Å². The van der Waals surface area contributed by atoms with Gasteiger partial charge in [0.1, 0.15) is 0 Å². The first-order valence-electron chi connectivity index (χ1n) is 10.7. The number of benzene rings is 4. The van der Waals surface area contributed by atoms with Gasteiger partial charge in [-0.25, -0.2) is 4.79 Å². The highest BCUT2D eigenvalue weighted by atomic mass is 16.6. The van der Waals surface area contributed by atoms with Crippen LogP contribution in [0, 0.1) is 17.0 Å². The lowest BCUT2D eigenvalue weighted by molar-refractivity contribution is -0.385. The van der Waals surface area contributed by atoms with E-state index in [0.717, 1.165) is 11.3 Å². The van der Waals surface area contributed by atoms with Crippen molar-refractivity contribution < 1.29 is 14.5 Å². The van der Waals surface area contributed by atoms with Gasteiger partial charge in [-0.3, -0.25) is 15.1 Å². The second-order valence-corrected chi connectivity index (χ2v) is 7.55. The Labute approximate surface area is 201 Å². The van der Waals surface area contributed by atoms with Crippen molar-refractivity contribution in [2.24, 2.45) is 15.2 Å². The lowest BCUT2D eigenvalue weighted by atomic mass is 10.1. The van der Waals surface area contributed by atoms with E-state index in [0.29, 0.717) is 22.5 Å². The first-order chi connectivity index (χ1) is 17.0. The molecule has 0 N–H and O–H groups in total. The monoisotopic (exact) mass is 464 g/mol. The summed E-state index contributed by atoms with van der Waals surface area (Å²) in [6.45, 7) is 1.84. The molecule has 0 amide bonds. The SMILES string of the molecule is Cc1cccc(C(=O)Oc2ccc(C=Nc3ccc(N=Nc4ccccc4)cc3)cc2[N+](=O)[O-])c1. The van der Waals surface area contributed by atoms with Crippen molar-refractivity contribution in [2.45, 2.75) is 6.92 Å². The molecular formula is C27H20N4O4. The van der Waals surface area contributed by atoms with E-state index in [2.05, 4.69) is 15.2 Å². The third-order valence-electron chi connectivity index (χ3n) is 4.89. The summed E-state index contributed by atoms with van der Waals surface area (Å²) in [5, 5.41) is 19.9. The lowest BCUT2D eigenvalue weighted by Gasteiger charge is -2.06. The molecule has 0 bridgehead atoms. The second-order valence-electron chi connectivity index (χ2n) is 7.55. The maximum Gasteiger partial charge on any atom is 0.343 e. The highest BCUT2D eigenvalue weighted by Gasteiger charge is 2.19. The maximum atomic E-state index is 12.4. The van der Waals surface area contributed by atoms with Crippen LogP contribution in [-0.4, -0.2) is 17.1 Å². The third-order valence-corrected chi connectivity index (χ3v) is 4.89. The number of azo groups is 1. The Kier molecular flexibility index (Phi) is 7.13. The standard InChI is InChI=1S/C27H20N4O4/c1-19-6-5-7-21(16-19)27(32)35-26-15-10-20(17-25(26)31(33)34)18-28-22-11-13-24(14-12-22)30-29-23-8-3-2-4-9-23/h2-18H,1H3. The van der Waals surface area contributed by atoms with Gasteiger partial charge >= 0.3 is 11.7 Å². The van der Waals surface area contributed by atoms with Crippen LogP contribution >= 0.6 is 0 Å². The fourth-order valence-corrected chi connectivity index (χ4v) is 3.14. The number of carbonyl (C=O) groups is 1. The molecule has 0 radical (unpaired) electrons. The maximum absolute atomic E-state index is 12.4. The zero-order valence-electron chi connectivity index (χ0n) is 18.7. The number of nitrogens with zero attached hydrogens (tertiary/aromatic N) is 4. The molecule has 35 heavy (non-hydrogen) atoms. The third kappa shape index (κ3) is 6.29. The molecule has 4 aromatic rings. The molecule has 4 rings (SSSR count). The Morgan fingerprint density at radius 2 is 1.51 bits per heavy atom. The fourth-order valence-electron chi connectivity index (χ4n) is 3.14. The molecule has 8 heteroatoms. The average Bonchev–Trinajstić information content (AvgIpc) is 2.88. The minimum atomic E-state index is -0.664. The van der Waals surface area contributed by atoms with Crippen LogP contribution in [0.3, 0.4) is 0 Å². The summed E-state index contributed by atoms with van der Waals surface area (Å²) >= 11 is 0. The van der Waals surface area contributed by atoms with Gasteiger partial charge in [-0.1, -0.05) is 35.9 Å². The quantitative estimate of drug-likeness (QED) is 0.0714. The van der Waals surface area contributed by atoms with Gasteiger partial charge in [0.15, 0.2) is 0 Å². The zero-order valence-corrected chi connectivity index (χ0v) is 18.7. The van der Waals surface area contributed by atoms with Crippen molar-refractivity contribution in [3.05, 3.63) is 124 Å². The molecule has 0 saturated heterocycles. The topological polar surface area (TPSA) is 107 Å². The zero-order chi connectivity index (χ0) is 24.6. The smallest absolute Gasteiger partial charge is 0.343 e. The molecule has 0 aliphatic heterocycles. The summed E-state index contributed by atoms with van der Waals surface area (Å²) in [4.78, 5) is 27.7. The average molecular weight is 464 g/mol. The molecule has 0 saturated carbocycles. The van der Waals surface area contributed by atoms with Crippen LogP contribution in [0.1, 0.15) is 21.5 Å². The van der Waals surface area contributed by atoms with Gasteiger partial charge < -0.3 is 4.74 Å². The second kappa shape index (κ2) is 10.8. The van der Waals surface area contributed by atoms with Crippen LogP contribution in [0.4, 0.5) is 22.7 Å². The Morgan fingerprint density at radius 1 is 0.829 bits per heavy atom. The minimum absolute atomic E-state index is 0.133. The molecule has 0 aliphatic carbocycles. The predicted octanol–water partition coefficient (Wildman–Crippen LogP) is 7.29. The number of esters is 1. The molecule has 0 atom stereocenters. The summed E-state index contributed by atoms with van der Waals surface area (Å²) in [6.07, 6.45) is 1.50. The van der Waals surface area contributed by atoms with E-state index in [9.17, 15) is 14.9 Å². The number of aliphatic imine (C=N–C) groups is 1. The van der Waals surface area contributed by atoms with Crippen molar-refractivity contribution in [1.82, 2.24) is 0 Å². The number of aryl methyl sites for hydroxylation is 1. The summed E-state index contributed by atoms with van der Waals surface area (Å²) < 4.78 is 5.29. The Hall–Kier alpha value is -4.98. The summed E-state index contributed by atoms with van der Waals surface area (Å²) in [6, 6.07) is 27.6. The van der Waals surface area contributed by atoms with Crippen molar-refractivity contribution in [3.8, 4) is 5.75 Å². The highest BCUT2D eigenvalue weighted by Crippen LogP contribution is 2.29. The molecule has 172 valence electrons. The largest absolute Gasteiger partial charge is 0.416 e. The van der Waals surface area contributed by atoms with Gasteiger partial charge in [-0.15, -0.1) is 0 Å². The number of nitro benzene ring substituents is 1. The molecule has 0 spiro atoms. The fraction of sp³-hybridized carbons (Fsp3) is 0.0370. The van der Waals surface area contributed by atoms with Gasteiger partial charge in [0.25, 0.3) is 0 Å². The van der Waals surface area contributed by atoms with Crippen molar-refractivity contribution >= 4 is 34.9 Å². The molecule has 0 aliphatic rings. The first-order valence-corrected chi connectivity index (χ1v) is 10.7. The first kappa shape index (κ1) is 23.2. The Morgan fingerprint density at radius 3 is 2.20 bits per heavy atom. The van der Waals surface area contributed by atoms with E-state index < -0.39 is 10.9 Å². The van der Waals surface area contributed by atoms with Crippen LogP contribution < -0.4 is 4.74 Å². The van der Waals surface area contributed by atoms with Gasteiger partial charge in [0, 0.05) is 12.3 Å². The molecule has 0 heterocycles.